The zero-order valence-corrected chi connectivity index (χ0v) is 8.05. The maximum Gasteiger partial charge on any atom is 0.0137 e. The van der Waals surface area contributed by atoms with Gasteiger partial charge >= 0.3 is 0 Å². The summed E-state index contributed by atoms with van der Waals surface area (Å²) < 4.78 is 0. The van der Waals surface area contributed by atoms with Crippen molar-refractivity contribution in [3.8, 4) is 0 Å². The Bertz CT molecular complexity index is 126. The minimum Gasteiger partial charge on any atom is -0.255 e. The lowest BCUT2D eigenvalue weighted by Crippen LogP contribution is -2.35. The van der Waals surface area contributed by atoms with Gasteiger partial charge in [0.1, 0.15) is 0 Å². The molecule has 0 aromatic heterocycles. The third kappa shape index (κ3) is 3.88. The van der Waals surface area contributed by atoms with Gasteiger partial charge in [0.05, 0.1) is 0 Å². The molecular weight excluding hydrogens is 148 g/mol. The fourth-order valence-electron chi connectivity index (χ4n) is 1.47. The van der Waals surface area contributed by atoms with Gasteiger partial charge in [-0.2, -0.15) is 0 Å². The molecular formula is C10H20N2. The molecule has 0 spiro atoms. The van der Waals surface area contributed by atoms with Gasteiger partial charge < -0.3 is 0 Å². The second kappa shape index (κ2) is 6.21. The van der Waals surface area contributed by atoms with Gasteiger partial charge in [-0.05, 0) is 25.7 Å². The first-order valence-electron chi connectivity index (χ1n) is 5.07. The molecule has 0 amide bonds. The normalized spacial score (nSPS) is 19.4. The maximum absolute atomic E-state index is 3.42. The molecule has 70 valence electrons. The van der Waals surface area contributed by atoms with E-state index in [0.29, 0.717) is 0 Å². The number of nitrogens with zero attached hydrogens (tertiary/aromatic N) is 1. The first kappa shape index (κ1) is 9.75. The minimum atomic E-state index is 1.09. The zero-order chi connectivity index (χ0) is 8.65. The highest BCUT2D eigenvalue weighted by atomic mass is 15.5. The molecule has 0 saturated carbocycles. The van der Waals surface area contributed by atoms with E-state index in [2.05, 4.69) is 29.5 Å². The van der Waals surface area contributed by atoms with E-state index in [4.69, 9.17) is 0 Å². The van der Waals surface area contributed by atoms with Crippen molar-refractivity contribution in [1.29, 1.82) is 0 Å². The molecule has 1 rings (SSSR count). The molecule has 1 fully saturated rings. The molecule has 0 bridgehead atoms. The molecule has 0 aromatic rings. The summed E-state index contributed by atoms with van der Waals surface area (Å²) in [5.74, 6) is 0. The molecule has 1 heterocycles. The Morgan fingerprint density at radius 3 is 2.67 bits per heavy atom. The topological polar surface area (TPSA) is 15.3 Å². The number of allylic oxidation sites excluding steroid dienone is 1. The lowest BCUT2D eigenvalue weighted by molar-refractivity contribution is 0.238. The molecule has 0 aromatic carbocycles. The van der Waals surface area contributed by atoms with Crippen LogP contribution < -0.4 is 5.43 Å². The molecule has 0 atom stereocenters. The van der Waals surface area contributed by atoms with E-state index < -0.39 is 0 Å². The summed E-state index contributed by atoms with van der Waals surface area (Å²) in [6.45, 7) is 5.73. The Morgan fingerprint density at radius 2 is 2.00 bits per heavy atom. The highest BCUT2D eigenvalue weighted by molar-refractivity contribution is 4.80. The van der Waals surface area contributed by atoms with Crippen LogP contribution >= 0.6 is 0 Å². The van der Waals surface area contributed by atoms with Crippen molar-refractivity contribution in [2.75, 3.05) is 19.6 Å². The van der Waals surface area contributed by atoms with Gasteiger partial charge in [0.2, 0.25) is 0 Å². The fraction of sp³-hybridized carbons (Fsp3) is 0.800. The highest BCUT2D eigenvalue weighted by Gasteiger charge is 2.08. The second-order valence-electron chi connectivity index (χ2n) is 3.27. The lowest BCUT2D eigenvalue weighted by Gasteiger charge is -2.15. The van der Waals surface area contributed by atoms with Crippen molar-refractivity contribution in [1.82, 2.24) is 10.4 Å². The first-order chi connectivity index (χ1) is 5.93. The third-order valence-corrected chi connectivity index (χ3v) is 2.15. The summed E-state index contributed by atoms with van der Waals surface area (Å²) in [4.78, 5) is 0. The highest BCUT2D eigenvalue weighted by Crippen LogP contribution is 2.03. The molecule has 1 aliphatic heterocycles. The minimum absolute atomic E-state index is 1.09. The lowest BCUT2D eigenvalue weighted by atomic mass is 10.3. The van der Waals surface area contributed by atoms with Crippen LogP contribution in [0.3, 0.4) is 0 Å². The molecule has 2 nitrogen and oxygen atoms in total. The van der Waals surface area contributed by atoms with E-state index in [0.717, 1.165) is 19.4 Å². The van der Waals surface area contributed by atoms with Gasteiger partial charge in [0.15, 0.2) is 0 Å². The van der Waals surface area contributed by atoms with E-state index in [-0.39, 0.29) is 0 Å². The number of hydrazine groups is 1. The molecule has 1 aliphatic rings. The van der Waals surface area contributed by atoms with Crippen molar-refractivity contribution in [3.63, 3.8) is 0 Å². The number of hydrogen-bond donors (Lipinski definition) is 1. The maximum atomic E-state index is 3.42. The van der Waals surface area contributed by atoms with E-state index >= 15 is 0 Å². The molecule has 12 heavy (non-hydrogen) atoms. The van der Waals surface area contributed by atoms with Gasteiger partial charge in [-0.1, -0.05) is 19.1 Å². The summed E-state index contributed by atoms with van der Waals surface area (Å²) in [5.41, 5.74) is 3.42. The van der Waals surface area contributed by atoms with Crippen LogP contribution in [0.4, 0.5) is 0 Å². The first-order valence-corrected chi connectivity index (χ1v) is 5.07. The monoisotopic (exact) mass is 168 g/mol. The SMILES string of the molecule is CCC=CCCNN1CCCC1. The summed E-state index contributed by atoms with van der Waals surface area (Å²) >= 11 is 0. The van der Waals surface area contributed by atoms with Gasteiger partial charge in [0, 0.05) is 19.6 Å². The zero-order valence-electron chi connectivity index (χ0n) is 8.05. The number of rotatable bonds is 5. The van der Waals surface area contributed by atoms with Crippen LogP contribution in [0.5, 0.6) is 0 Å². The predicted octanol–water partition coefficient (Wildman–Crippen LogP) is 1.94. The largest absolute Gasteiger partial charge is 0.255 e. The van der Waals surface area contributed by atoms with Gasteiger partial charge in [0.25, 0.3) is 0 Å². The number of nitrogens with one attached hydrogen (secondary N) is 1. The summed E-state index contributed by atoms with van der Waals surface area (Å²) in [5, 5.41) is 2.33. The van der Waals surface area contributed by atoms with Crippen molar-refractivity contribution >= 4 is 0 Å². The molecule has 1 N–H and O–H groups in total. The number of hydrogen-bond acceptors (Lipinski definition) is 2. The van der Waals surface area contributed by atoms with Crippen LogP contribution in [0, 0.1) is 0 Å². The van der Waals surface area contributed by atoms with Crippen molar-refractivity contribution in [2.45, 2.75) is 32.6 Å². The summed E-state index contributed by atoms with van der Waals surface area (Å²) in [7, 11) is 0. The van der Waals surface area contributed by atoms with Crippen molar-refractivity contribution in [3.05, 3.63) is 12.2 Å². The van der Waals surface area contributed by atoms with Gasteiger partial charge in [-0.15, -0.1) is 0 Å². The average Bonchev–Trinajstić information content (AvgIpc) is 2.57. The van der Waals surface area contributed by atoms with E-state index in [1.54, 1.807) is 0 Å². The molecule has 0 aliphatic carbocycles. The Labute approximate surface area is 75.6 Å². The van der Waals surface area contributed by atoms with Crippen LogP contribution in [0.1, 0.15) is 32.6 Å². The van der Waals surface area contributed by atoms with Crippen molar-refractivity contribution < 1.29 is 0 Å². The van der Waals surface area contributed by atoms with Crippen molar-refractivity contribution in [2.24, 2.45) is 0 Å². The Morgan fingerprint density at radius 1 is 1.25 bits per heavy atom. The fourth-order valence-corrected chi connectivity index (χ4v) is 1.47. The van der Waals surface area contributed by atoms with Crippen LogP contribution in [0.15, 0.2) is 12.2 Å². The summed E-state index contributed by atoms with van der Waals surface area (Å²) in [6.07, 6.45) is 9.51. The van der Waals surface area contributed by atoms with Crippen LogP contribution in [-0.4, -0.2) is 24.6 Å². The van der Waals surface area contributed by atoms with E-state index in [1.807, 2.05) is 0 Å². The van der Waals surface area contributed by atoms with Crippen LogP contribution in [0.2, 0.25) is 0 Å². The Hall–Kier alpha value is -0.340. The van der Waals surface area contributed by atoms with E-state index in [9.17, 15) is 0 Å². The Kier molecular flexibility index (Phi) is 5.04. The molecule has 0 radical (unpaired) electrons. The molecule has 2 heteroatoms. The molecule has 0 unspecified atom stereocenters. The van der Waals surface area contributed by atoms with Gasteiger partial charge in [-0.25, -0.2) is 5.01 Å². The summed E-state index contributed by atoms with van der Waals surface area (Å²) in [6, 6.07) is 0. The van der Waals surface area contributed by atoms with Gasteiger partial charge in [-0.3, -0.25) is 5.43 Å². The molecule has 1 saturated heterocycles. The quantitative estimate of drug-likeness (QED) is 0.498. The second-order valence-corrected chi connectivity index (χ2v) is 3.27. The average molecular weight is 168 g/mol. The van der Waals surface area contributed by atoms with Crippen LogP contribution in [-0.2, 0) is 0 Å². The van der Waals surface area contributed by atoms with Crippen LogP contribution in [0.25, 0.3) is 0 Å². The Balaban J connectivity index is 1.91. The standard InChI is InChI=1S/C10H20N2/c1-2-3-4-5-8-11-12-9-6-7-10-12/h3-4,11H,2,5-10H2,1H3. The third-order valence-electron chi connectivity index (χ3n) is 2.15. The predicted molar refractivity (Wildman–Crippen MR) is 52.9 cm³/mol. The smallest absolute Gasteiger partial charge is 0.0137 e. The van der Waals surface area contributed by atoms with E-state index in [1.165, 1.54) is 25.9 Å².